The summed E-state index contributed by atoms with van der Waals surface area (Å²) in [5.41, 5.74) is 10.5. The van der Waals surface area contributed by atoms with Crippen LogP contribution >= 0.6 is 0 Å². The summed E-state index contributed by atoms with van der Waals surface area (Å²) in [7, 11) is 1.67. The highest BCUT2D eigenvalue weighted by Gasteiger charge is 2.25. The maximum absolute atomic E-state index is 12.4. The first kappa shape index (κ1) is 16.8. The van der Waals surface area contributed by atoms with Crippen LogP contribution in [0.1, 0.15) is 11.3 Å². The first-order valence-corrected chi connectivity index (χ1v) is 8.20. The zero-order valence-corrected chi connectivity index (χ0v) is 14.2. The predicted octanol–water partition coefficient (Wildman–Crippen LogP) is 1.69. The van der Waals surface area contributed by atoms with Crippen molar-refractivity contribution in [2.45, 2.75) is 13.0 Å². The second-order valence-electron chi connectivity index (χ2n) is 5.87. The fraction of sp³-hybridized carbons (Fsp3) is 0.278. The van der Waals surface area contributed by atoms with E-state index in [4.69, 9.17) is 5.73 Å². The van der Waals surface area contributed by atoms with Crippen molar-refractivity contribution in [3.05, 3.63) is 53.4 Å². The van der Waals surface area contributed by atoms with Crippen LogP contribution in [-0.2, 0) is 13.0 Å². The van der Waals surface area contributed by atoms with E-state index in [2.05, 4.69) is 20.5 Å². The standard InChI is InChI=1S/C18H22N6O/c1-20-9-7-14(19)11-21-18(25)24-10-8-16-15(12-24)17(23-22-16)13-5-3-2-4-6-13/h2-7,9H,8,10-12,19H2,1H3,(H,21,25)(H,22,23). The number of aliphatic imine (C=N–C) groups is 1. The van der Waals surface area contributed by atoms with Crippen molar-refractivity contribution in [1.29, 1.82) is 0 Å². The number of aromatic amines is 1. The molecule has 0 saturated heterocycles. The van der Waals surface area contributed by atoms with E-state index >= 15 is 0 Å². The molecule has 0 unspecified atom stereocenters. The van der Waals surface area contributed by atoms with Gasteiger partial charge in [0.25, 0.3) is 0 Å². The summed E-state index contributed by atoms with van der Waals surface area (Å²) in [4.78, 5) is 18.0. The van der Waals surface area contributed by atoms with E-state index < -0.39 is 0 Å². The highest BCUT2D eigenvalue weighted by molar-refractivity contribution is 5.76. The molecule has 2 aromatic rings. The number of hydrogen-bond donors (Lipinski definition) is 3. The van der Waals surface area contributed by atoms with Crippen LogP contribution in [-0.4, -0.2) is 47.5 Å². The van der Waals surface area contributed by atoms with Crippen molar-refractivity contribution >= 4 is 12.2 Å². The molecule has 25 heavy (non-hydrogen) atoms. The normalized spacial score (nSPS) is 14.6. The van der Waals surface area contributed by atoms with Gasteiger partial charge < -0.3 is 16.0 Å². The van der Waals surface area contributed by atoms with Gasteiger partial charge in [-0.1, -0.05) is 30.3 Å². The Kier molecular flexibility index (Phi) is 5.13. The maximum Gasteiger partial charge on any atom is 0.318 e. The number of rotatable bonds is 4. The topological polar surface area (TPSA) is 99.4 Å². The van der Waals surface area contributed by atoms with Crippen molar-refractivity contribution in [2.75, 3.05) is 20.1 Å². The average Bonchev–Trinajstić information content (AvgIpc) is 3.08. The number of nitrogens with zero attached hydrogens (tertiary/aromatic N) is 3. The largest absolute Gasteiger partial charge is 0.401 e. The van der Waals surface area contributed by atoms with Gasteiger partial charge in [0.15, 0.2) is 0 Å². The lowest BCUT2D eigenvalue weighted by molar-refractivity contribution is 0.193. The summed E-state index contributed by atoms with van der Waals surface area (Å²) in [6, 6.07) is 9.86. The molecular formula is C18H22N6O. The fourth-order valence-electron chi connectivity index (χ4n) is 2.82. The summed E-state index contributed by atoms with van der Waals surface area (Å²) in [6.07, 6.45) is 4.04. The van der Waals surface area contributed by atoms with Crippen molar-refractivity contribution in [3.8, 4) is 11.3 Å². The Hall–Kier alpha value is -3.09. The molecule has 2 heterocycles. The average molecular weight is 338 g/mol. The smallest absolute Gasteiger partial charge is 0.318 e. The van der Waals surface area contributed by atoms with Crippen LogP contribution in [0.3, 0.4) is 0 Å². The number of nitrogens with one attached hydrogen (secondary N) is 2. The number of allylic oxidation sites excluding steroid dienone is 1. The number of nitrogens with two attached hydrogens (primary N) is 1. The Morgan fingerprint density at radius 1 is 1.44 bits per heavy atom. The van der Waals surface area contributed by atoms with Gasteiger partial charge in [-0.3, -0.25) is 10.1 Å². The Morgan fingerprint density at radius 3 is 3.00 bits per heavy atom. The van der Waals surface area contributed by atoms with Crippen LogP contribution in [0.2, 0.25) is 0 Å². The molecule has 1 aliphatic heterocycles. The van der Waals surface area contributed by atoms with E-state index in [0.29, 0.717) is 25.3 Å². The molecule has 0 radical (unpaired) electrons. The molecule has 7 nitrogen and oxygen atoms in total. The van der Waals surface area contributed by atoms with E-state index in [1.807, 2.05) is 30.3 Å². The molecule has 0 bridgehead atoms. The molecule has 1 aromatic carbocycles. The SMILES string of the molecule is CN=CC=C(N)CNC(=O)N1CCc2[nH]nc(-c3ccccc3)c2C1. The highest BCUT2D eigenvalue weighted by Crippen LogP contribution is 2.28. The van der Waals surface area contributed by atoms with Crippen LogP contribution < -0.4 is 11.1 Å². The van der Waals surface area contributed by atoms with Crippen molar-refractivity contribution in [1.82, 2.24) is 20.4 Å². The molecule has 3 rings (SSSR count). The molecule has 0 spiro atoms. The van der Waals surface area contributed by atoms with Crippen LogP contribution in [0.15, 0.2) is 47.1 Å². The number of carbonyl (C=O) groups is 1. The number of urea groups is 1. The first-order chi connectivity index (χ1) is 12.2. The summed E-state index contributed by atoms with van der Waals surface area (Å²) in [5.74, 6) is 0. The van der Waals surface area contributed by atoms with Gasteiger partial charge in [-0.25, -0.2) is 4.79 Å². The van der Waals surface area contributed by atoms with E-state index in [0.717, 1.165) is 28.9 Å². The minimum absolute atomic E-state index is 0.129. The van der Waals surface area contributed by atoms with Gasteiger partial charge >= 0.3 is 6.03 Å². The zero-order chi connectivity index (χ0) is 17.6. The van der Waals surface area contributed by atoms with Gasteiger partial charge in [0.05, 0.1) is 18.8 Å². The Morgan fingerprint density at radius 2 is 2.24 bits per heavy atom. The number of H-pyrrole nitrogens is 1. The third kappa shape index (κ3) is 3.88. The molecule has 1 aromatic heterocycles. The van der Waals surface area contributed by atoms with Gasteiger partial charge in [-0.15, -0.1) is 0 Å². The van der Waals surface area contributed by atoms with Gasteiger partial charge in [0.1, 0.15) is 0 Å². The van der Waals surface area contributed by atoms with Crippen LogP contribution in [0.25, 0.3) is 11.3 Å². The van der Waals surface area contributed by atoms with Gasteiger partial charge in [-0.2, -0.15) is 5.10 Å². The van der Waals surface area contributed by atoms with Crippen molar-refractivity contribution in [3.63, 3.8) is 0 Å². The fourth-order valence-corrected chi connectivity index (χ4v) is 2.82. The number of amides is 2. The molecular weight excluding hydrogens is 316 g/mol. The monoisotopic (exact) mass is 338 g/mol. The van der Waals surface area contributed by atoms with Crippen molar-refractivity contribution < 1.29 is 4.79 Å². The number of carbonyl (C=O) groups excluding carboxylic acids is 1. The van der Waals surface area contributed by atoms with E-state index in [1.165, 1.54) is 0 Å². The Balaban J connectivity index is 1.68. The second-order valence-corrected chi connectivity index (χ2v) is 5.87. The molecule has 1 aliphatic rings. The molecule has 130 valence electrons. The molecule has 0 aliphatic carbocycles. The molecule has 4 N–H and O–H groups in total. The van der Waals surface area contributed by atoms with Gasteiger partial charge in [0.2, 0.25) is 0 Å². The molecule has 0 fully saturated rings. The molecule has 0 atom stereocenters. The Bertz CT molecular complexity index is 793. The van der Waals surface area contributed by atoms with Crippen LogP contribution in [0, 0.1) is 0 Å². The minimum atomic E-state index is -0.129. The quantitative estimate of drug-likeness (QED) is 0.740. The second kappa shape index (κ2) is 7.65. The first-order valence-electron chi connectivity index (χ1n) is 8.20. The number of benzene rings is 1. The predicted molar refractivity (Wildman–Crippen MR) is 98.2 cm³/mol. The van der Waals surface area contributed by atoms with Crippen LogP contribution in [0.5, 0.6) is 0 Å². The highest BCUT2D eigenvalue weighted by atomic mass is 16.2. The molecule has 0 saturated carbocycles. The van der Waals surface area contributed by atoms with E-state index in [9.17, 15) is 4.79 Å². The summed E-state index contributed by atoms with van der Waals surface area (Å²) < 4.78 is 0. The maximum atomic E-state index is 12.4. The van der Waals surface area contributed by atoms with Crippen LogP contribution in [0.4, 0.5) is 4.79 Å². The van der Waals surface area contributed by atoms with Gasteiger partial charge in [0, 0.05) is 48.7 Å². The van der Waals surface area contributed by atoms with Gasteiger partial charge in [-0.05, 0) is 6.08 Å². The lowest BCUT2D eigenvalue weighted by Gasteiger charge is -2.27. The molecule has 2 amide bonds. The zero-order valence-electron chi connectivity index (χ0n) is 14.2. The lowest BCUT2D eigenvalue weighted by Crippen LogP contribution is -2.43. The van der Waals surface area contributed by atoms with Crippen molar-refractivity contribution in [2.24, 2.45) is 10.7 Å². The summed E-state index contributed by atoms with van der Waals surface area (Å²) in [5, 5.41) is 10.4. The minimum Gasteiger partial charge on any atom is -0.401 e. The Labute approximate surface area is 146 Å². The van der Waals surface area contributed by atoms with E-state index in [1.54, 1.807) is 24.2 Å². The summed E-state index contributed by atoms with van der Waals surface area (Å²) >= 11 is 0. The molecule has 7 heteroatoms. The van der Waals surface area contributed by atoms with E-state index in [-0.39, 0.29) is 6.03 Å². The lowest BCUT2D eigenvalue weighted by atomic mass is 10.0. The third-order valence-corrected chi connectivity index (χ3v) is 4.15. The number of fused-ring (bicyclic) bond motifs is 1. The number of aromatic nitrogens is 2. The summed E-state index contributed by atoms with van der Waals surface area (Å²) in [6.45, 7) is 1.47. The third-order valence-electron chi connectivity index (χ3n) is 4.15. The number of hydrogen-bond acceptors (Lipinski definition) is 4.